The summed E-state index contributed by atoms with van der Waals surface area (Å²) in [5.41, 5.74) is 0.407. The van der Waals surface area contributed by atoms with Crippen molar-refractivity contribution in [2.75, 3.05) is 17.1 Å². The molecule has 0 aliphatic carbocycles. The summed E-state index contributed by atoms with van der Waals surface area (Å²) >= 11 is 0. The minimum Gasteiger partial charge on any atom is -0.469 e. The van der Waals surface area contributed by atoms with Crippen LogP contribution in [0.15, 0.2) is 47.6 Å². The number of anilines is 2. The standard InChI is InChI=1S/C15H16N4O5S/c1-24-14(21)8-7-13(20)18-11-3-5-12(6-4-11)25(22,23)19-15-16-9-2-10-17-15/h2-6,9-10H,7-8H2,1H3,(H,18,20)(H,16,17,19). The van der Waals surface area contributed by atoms with Crippen molar-refractivity contribution < 1.29 is 22.7 Å². The van der Waals surface area contributed by atoms with Crippen LogP contribution in [-0.2, 0) is 24.3 Å². The van der Waals surface area contributed by atoms with Gasteiger partial charge in [-0.1, -0.05) is 0 Å². The second-order valence-electron chi connectivity index (χ2n) is 4.83. The third kappa shape index (κ3) is 5.53. The van der Waals surface area contributed by atoms with Gasteiger partial charge in [0.2, 0.25) is 11.9 Å². The Morgan fingerprint density at radius 3 is 2.32 bits per heavy atom. The zero-order valence-electron chi connectivity index (χ0n) is 13.3. The fourth-order valence-corrected chi connectivity index (χ4v) is 2.75. The topological polar surface area (TPSA) is 127 Å². The minimum atomic E-state index is -3.83. The monoisotopic (exact) mass is 364 g/mol. The van der Waals surface area contributed by atoms with Crippen LogP contribution in [0, 0.1) is 0 Å². The number of methoxy groups -OCH3 is 1. The number of nitrogens with zero attached hydrogens (tertiary/aromatic N) is 2. The van der Waals surface area contributed by atoms with E-state index in [1.165, 1.54) is 43.8 Å². The van der Waals surface area contributed by atoms with E-state index in [1.807, 2.05) is 0 Å². The van der Waals surface area contributed by atoms with Gasteiger partial charge in [0.05, 0.1) is 18.4 Å². The van der Waals surface area contributed by atoms with Crippen LogP contribution in [0.5, 0.6) is 0 Å². The molecule has 132 valence electrons. The molecular weight excluding hydrogens is 348 g/mol. The summed E-state index contributed by atoms with van der Waals surface area (Å²) in [7, 11) is -2.59. The number of amides is 1. The van der Waals surface area contributed by atoms with Crippen LogP contribution < -0.4 is 10.0 Å². The lowest BCUT2D eigenvalue weighted by molar-refractivity contribution is -0.141. The average molecular weight is 364 g/mol. The van der Waals surface area contributed by atoms with Crippen molar-refractivity contribution in [3.63, 3.8) is 0 Å². The normalized spacial score (nSPS) is 10.8. The number of nitrogens with one attached hydrogen (secondary N) is 2. The molecular formula is C15H16N4O5S. The Bertz CT molecular complexity index is 838. The molecule has 9 nitrogen and oxygen atoms in total. The summed E-state index contributed by atoms with van der Waals surface area (Å²) in [6.45, 7) is 0. The van der Waals surface area contributed by atoms with Crippen molar-refractivity contribution in [2.45, 2.75) is 17.7 Å². The number of benzene rings is 1. The number of esters is 1. The quantitative estimate of drug-likeness (QED) is 0.706. The molecule has 0 fully saturated rings. The molecule has 0 saturated carbocycles. The van der Waals surface area contributed by atoms with Crippen LogP contribution in [0.4, 0.5) is 11.6 Å². The van der Waals surface area contributed by atoms with Gasteiger partial charge in [0.25, 0.3) is 10.0 Å². The van der Waals surface area contributed by atoms with Crippen molar-refractivity contribution >= 4 is 33.5 Å². The molecule has 0 bridgehead atoms. The van der Waals surface area contributed by atoms with E-state index in [1.54, 1.807) is 6.07 Å². The van der Waals surface area contributed by atoms with Gasteiger partial charge in [0.15, 0.2) is 0 Å². The second kappa shape index (κ2) is 8.20. The van der Waals surface area contributed by atoms with Crippen LogP contribution in [0.25, 0.3) is 0 Å². The predicted octanol–water partition coefficient (Wildman–Crippen LogP) is 1.17. The molecule has 1 amide bonds. The number of hydrogen-bond donors (Lipinski definition) is 2. The van der Waals surface area contributed by atoms with E-state index in [2.05, 4.69) is 24.7 Å². The number of hydrogen-bond acceptors (Lipinski definition) is 7. The summed E-state index contributed by atoms with van der Waals surface area (Å²) in [6.07, 6.45) is 2.77. The highest BCUT2D eigenvalue weighted by molar-refractivity contribution is 7.92. The fraction of sp³-hybridized carbons (Fsp3) is 0.200. The molecule has 0 atom stereocenters. The molecule has 0 spiro atoms. The molecule has 2 N–H and O–H groups in total. The summed E-state index contributed by atoms with van der Waals surface area (Å²) < 4.78 is 31.1. The molecule has 1 aromatic heterocycles. The van der Waals surface area contributed by atoms with Gasteiger partial charge in [-0.05, 0) is 30.3 Å². The number of carbonyl (C=O) groups is 2. The summed E-state index contributed by atoms with van der Waals surface area (Å²) in [5, 5.41) is 2.56. The first-order chi connectivity index (χ1) is 11.9. The number of carbonyl (C=O) groups excluding carboxylic acids is 2. The second-order valence-corrected chi connectivity index (χ2v) is 6.51. The van der Waals surface area contributed by atoms with Crippen molar-refractivity contribution in [1.29, 1.82) is 0 Å². The van der Waals surface area contributed by atoms with E-state index in [0.29, 0.717) is 5.69 Å². The SMILES string of the molecule is COC(=O)CCC(=O)Nc1ccc(S(=O)(=O)Nc2ncccn2)cc1. The molecule has 1 heterocycles. The smallest absolute Gasteiger partial charge is 0.306 e. The Hall–Kier alpha value is -3.01. The van der Waals surface area contributed by atoms with E-state index in [-0.39, 0.29) is 29.6 Å². The van der Waals surface area contributed by atoms with Gasteiger partial charge < -0.3 is 10.1 Å². The first kappa shape index (κ1) is 18.3. The summed E-state index contributed by atoms with van der Waals surface area (Å²) in [5.74, 6) is -0.898. The molecule has 10 heteroatoms. The lowest BCUT2D eigenvalue weighted by Gasteiger charge is -2.08. The molecule has 0 radical (unpaired) electrons. The molecule has 0 saturated heterocycles. The maximum absolute atomic E-state index is 12.2. The Balaban J connectivity index is 1.99. The minimum absolute atomic E-state index is 0.00693. The lowest BCUT2D eigenvalue weighted by Crippen LogP contribution is -2.16. The first-order valence-corrected chi connectivity index (χ1v) is 8.65. The van der Waals surface area contributed by atoms with Gasteiger partial charge in [-0.15, -0.1) is 0 Å². The predicted molar refractivity (Wildman–Crippen MR) is 89.2 cm³/mol. The molecule has 25 heavy (non-hydrogen) atoms. The zero-order valence-corrected chi connectivity index (χ0v) is 14.1. The lowest BCUT2D eigenvalue weighted by atomic mass is 10.2. The van der Waals surface area contributed by atoms with Crippen molar-refractivity contribution in [3.8, 4) is 0 Å². The molecule has 0 unspecified atom stereocenters. The van der Waals surface area contributed by atoms with Crippen LogP contribution in [0.3, 0.4) is 0 Å². The maximum Gasteiger partial charge on any atom is 0.306 e. The van der Waals surface area contributed by atoms with Gasteiger partial charge in [0, 0.05) is 24.5 Å². The molecule has 2 rings (SSSR count). The number of rotatable bonds is 7. The van der Waals surface area contributed by atoms with Crippen molar-refractivity contribution in [2.24, 2.45) is 0 Å². The van der Waals surface area contributed by atoms with Gasteiger partial charge in [-0.2, -0.15) is 0 Å². The van der Waals surface area contributed by atoms with Crippen LogP contribution in [0.1, 0.15) is 12.8 Å². The highest BCUT2D eigenvalue weighted by Gasteiger charge is 2.15. The molecule has 0 aliphatic heterocycles. The van der Waals surface area contributed by atoms with Gasteiger partial charge >= 0.3 is 5.97 Å². The Morgan fingerprint density at radius 1 is 1.08 bits per heavy atom. The van der Waals surface area contributed by atoms with E-state index in [0.717, 1.165) is 0 Å². The maximum atomic E-state index is 12.2. The highest BCUT2D eigenvalue weighted by Crippen LogP contribution is 2.16. The highest BCUT2D eigenvalue weighted by atomic mass is 32.2. The Labute approximate surface area is 144 Å². The molecule has 2 aromatic rings. The number of sulfonamides is 1. The van der Waals surface area contributed by atoms with Gasteiger partial charge in [-0.25, -0.2) is 23.1 Å². The van der Waals surface area contributed by atoms with Gasteiger partial charge in [-0.3, -0.25) is 9.59 Å². The fourth-order valence-electron chi connectivity index (χ4n) is 1.79. The van der Waals surface area contributed by atoms with Crippen molar-refractivity contribution in [1.82, 2.24) is 9.97 Å². The Kier molecular flexibility index (Phi) is 6.01. The van der Waals surface area contributed by atoms with Crippen molar-refractivity contribution in [3.05, 3.63) is 42.7 Å². The van der Waals surface area contributed by atoms with E-state index in [4.69, 9.17) is 0 Å². The Morgan fingerprint density at radius 2 is 1.72 bits per heavy atom. The zero-order chi connectivity index (χ0) is 18.3. The van der Waals surface area contributed by atoms with E-state index < -0.39 is 16.0 Å². The largest absolute Gasteiger partial charge is 0.469 e. The average Bonchev–Trinajstić information content (AvgIpc) is 2.60. The van der Waals surface area contributed by atoms with E-state index in [9.17, 15) is 18.0 Å². The van der Waals surface area contributed by atoms with Crippen LogP contribution in [-0.4, -0.2) is 37.4 Å². The molecule has 0 aliphatic rings. The van der Waals surface area contributed by atoms with Gasteiger partial charge in [0.1, 0.15) is 0 Å². The van der Waals surface area contributed by atoms with Crippen LogP contribution in [0.2, 0.25) is 0 Å². The third-order valence-electron chi connectivity index (χ3n) is 3.02. The first-order valence-electron chi connectivity index (χ1n) is 7.17. The number of aromatic nitrogens is 2. The number of ether oxygens (including phenoxy) is 1. The third-order valence-corrected chi connectivity index (χ3v) is 4.37. The van der Waals surface area contributed by atoms with E-state index >= 15 is 0 Å². The summed E-state index contributed by atoms with van der Waals surface area (Å²) in [4.78, 5) is 30.3. The molecule has 1 aromatic carbocycles. The summed E-state index contributed by atoms with van der Waals surface area (Å²) in [6, 6.07) is 7.12. The van der Waals surface area contributed by atoms with Crippen LogP contribution >= 0.6 is 0 Å².